The van der Waals surface area contributed by atoms with Crippen LogP contribution < -0.4 is 4.74 Å². The van der Waals surface area contributed by atoms with Crippen LogP contribution in [0, 0.1) is 29.2 Å². The van der Waals surface area contributed by atoms with Crippen molar-refractivity contribution in [2.75, 3.05) is 7.11 Å². The van der Waals surface area contributed by atoms with Crippen LogP contribution in [0.2, 0.25) is 0 Å². The Labute approximate surface area is 430 Å². The monoisotopic (exact) mass is 1040 g/mol. The largest absolute Gasteiger partial charge is 0.487 e. The van der Waals surface area contributed by atoms with E-state index in [0.29, 0.717) is 17.7 Å². The minimum Gasteiger partial charge on any atom is -0.487 e. The molecule has 0 fully saturated rings. The molecule has 0 bridgehead atoms. The molecule has 12 rings (SSSR count). The number of aryl methyl sites for hydroxylation is 2. The van der Waals surface area contributed by atoms with Gasteiger partial charge in [0.25, 0.3) is 0 Å². The van der Waals surface area contributed by atoms with Crippen molar-refractivity contribution in [1.29, 1.82) is 10.5 Å². The second-order valence-electron chi connectivity index (χ2n) is 15.7. The number of carbonyl (C=O) groups is 1. The standard InChI is InChI=1S/C31H19N5S4.C13H13NO2S2.C9H6N2S/c1-3-12-36-24-15-19(13-18(17-32)30-34-21-8-4-6-10-26(21)39-30)37-28(24)29-25(36)16-20(38-29)14-23(33-2)31-35-22-9-5-7-11-27(22)40-31;1-3-4-14-9-5-8(7-15)17-12(9)13-10(14)6-11(16-2)18-13;10-6-5-9-11-7-3-1-2-4-8(7)12-9/h4-11,13-16H,3,12H2,1H3;5-7H,3-4H2,1-2H3;1-4H,5H2/b18-13+,23-14-;;. The zero-order valence-electron chi connectivity index (χ0n) is 37.8. The second-order valence-corrected chi connectivity index (χ2v) is 23.1. The number of benzene rings is 3. The second kappa shape index (κ2) is 20.6. The number of methoxy groups -OCH3 is 1. The summed E-state index contributed by atoms with van der Waals surface area (Å²) in [5.74, 6) is 0. The maximum atomic E-state index is 10.9. The molecule has 0 radical (unpaired) electrons. The Balaban J connectivity index is 0.000000154. The number of aromatic nitrogens is 5. The maximum absolute atomic E-state index is 10.9. The summed E-state index contributed by atoms with van der Waals surface area (Å²) in [6.45, 7) is 14.0. The van der Waals surface area contributed by atoms with E-state index in [2.05, 4.69) is 63.1 Å². The molecule has 3 aromatic carbocycles. The van der Waals surface area contributed by atoms with Crippen LogP contribution in [-0.2, 0) is 19.5 Å². The fourth-order valence-electron chi connectivity index (χ4n) is 8.09. The van der Waals surface area contributed by atoms with Gasteiger partial charge in [0.1, 0.15) is 21.1 Å². The Morgan fingerprint density at radius 1 is 0.643 bits per heavy atom. The van der Waals surface area contributed by atoms with Gasteiger partial charge in [-0.05, 0) is 79.6 Å². The predicted molar refractivity (Wildman–Crippen MR) is 299 cm³/mol. The molecule has 0 saturated heterocycles. The van der Waals surface area contributed by atoms with Gasteiger partial charge in [-0.15, -0.1) is 68.0 Å². The van der Waals surface area contributed by atoms with Gasteiger partial charge in [0.2, 0.25) is 5.70 Å². The molecule has 9 aromatic heterocycles. The van der Waals surface area contributed by atoms with E-state index < -0.39 is 0 Å². The third-order valence-electron chi connectivity index (χ3n) is 11.1. The van der Waals surface area contributed by atoms with Crippen molar-refractivity contribution in [3.05, 3.63) is 138 Å². The molecule has 0 aliphatic heterocycles. The van der Waals surface area contributed by atoms with Crippen LogP contribution in [0.4, 0.5) is 0 Å². The number of rotatable bonds is 11. The zero-order valence-corrected chi connectivity index (χ0v) is 43.5. The molecule has 0 saturated carbocycles. The van der Waals surface area contributed by atoms with Crippen LogP contribution >= 0.6 is 79.4 Å². The molecule has 344 valence electrons. The van der Waals surface area contributed by atoms with Crippen molar-refractivity contribution < 1.29 is 9.53 Å². The third-order valence-corrected chi connectivity index (χ3v) is 18.9. The Hall–Kier alpha value is -6.85. The molecular formula is C53H38N8O2S7. The number of thiazole rings is 3. The first kappa shape index (κ1) is 46.9. The third kappa shape index (κ3) is 9.19. The van der Waals surface area contributed by atoms with E-state index in [1.165, 1.54) is 40.9 Å². The summed E-state index contributed by atoms with van der Waals surface area (Å²) in [6, 6.07) is 36.8. The van der Waals surface area contributed by atoms with E-state index in [-0.39, 0.29) is 0 Å². The minimum absolute atomic E-state index is 0.416. The summed E-state index contributed by atoms with van der Waals surface area (Å²) in [4.78, 5) is 31.3. The van der Waals surface area contributed by atoms with Gasteiger partial charge in [-0.25, -0.2) is 19.8 Å². The Kier molecular flexibility index (Phi) is 13.8. The first-order valence-electron chi connectivity index (χ1n) is 22.1. The Morgan fingerprint density at radius 2 is 1.13 bits per heavy atom. The van der Waals surface area contributed by atoms with E-state index >= 15 is 0 Å². The summed E-state index contributed by atoms with van der Waals surface area (Å²) in [7, 11) is 1.69. The van der Waals surface area contributed by atoms with Crippen molar-refractivity contribution in [3.8, 4) is 17.2 Å². The summed E-state index contributed by atoms with van der Waals surface area (Å²) < 4.78 is 18.1. The fraction of sp³-hybridized carbons (Fsp3) is 0.151. The van der Waals surface area contributed by atoms with E-state index in [1.54, 1.807) is 86.5 Å². The summed E-state index contributed by atoms with van der Waals surface area (Å²) in [5, 5.41) is 21.7. The van der Waals surface area contributed by atoms with Crippen LogP contribution in [0.15, 0.2) is 97.1 Å². The van der Waals surface area contributed by atoms with Gasteiger partial charge in [-0.2, -0.15) is 10.5 Å². The minimum atomic E-state index is 0.416. The Morgan fingerprint density at radius 3 is 1.64 bits per heavy atom. The fourth-order valence-corrected chi connectivity index (χ4v) is 15.3. The lowest BCUT2D eigenvalue weighted by atomic mass is 10.2. The summed E-state index contributed by atoms with van der Waals surface area (Å²) >= 11 is 11.3. The number of thiophene rings is 4. The number of fused-ring (bicyclic) bond motifs is 9. The molecule has 0 unspecified atom stereocenters. The van der Waals surface area contributed by atoms with Gasteiger partial charge in [0, 0.05) is 28.9 Å². The van der Waals surface area contributed by atoms with E-state index in [1.807, 2.05) is 91.0 Å². The highest BCUT2D eigenvalue weighted by molar-refractivity contribution is 7.29. The molecule has 12 aromatic rings. The number of nitriles is 2. The quantitative estimate of drug-likeness (QED) is 0.0717. The molecule has 9 heterocycles. The average molecular weight is 1040 g/mol. The van der Waals surface area contributed by atoms with Crippen molar-refractivity contribution in [3.63, 3.8) is 0 Å². The van der Waals surface area contributed by atoms with Gasteiger partial charge in [0.05, 0.1) is 108 Å². The highest BCUT2D eigenvalue weighted by atomic mass is 32.1. The highest BCUT2D eigenvalue weighted by Gasteiger charge is 2.20. The Bertz CT molecular complexity index is 3850. The molecule has 0 N–H and O–H groups in total. The van der Waals surface area contributed by atoms with Crippen LogP contribution in [0.25, 0.3) is 99.8 Å². The number of aldehydes is 1. The van der Waals surface area contributed by atoms with E-state index in [9.17, 15) is 10.1 Å². The van der Waals surface area contributed by atoms with Gasteiger partial charge < -0.3 is 13.9 Å². The highest BCUT2D eigenvalue weighted by Crippen LogP contribution is 2.44. The van der Waals surface area contributed by atoms with Crippen molar-refractivity contribution in [2.45, 2.75) is 46.2 Å². The number of carbonyl (C=O) groups excluding carboxylic acids is 1. The number of hydrogen-bond acceptors (Lipinski definition) is 14. The van der Waals surface area contributed by atoms with Crippen LogP contribution in [-0.4, -0.2) is 37.5 Å². The first-order valence-corrected chi connectivity index (χ1v) is 27.8. The van der Waals surface area contributed by atoms with E-state index in [0.717, 1.165) is 97.6 Å². The number of hydrogen-bond donors (Lipinski definition) is 0. The van der Waals surface area contributed by atoms with Crippen LogP contribution in [0.5, 0.6) is 5.06 Å². The molecule has 10 nitrogen and oxygen atoms in total. The normalized spacial score (nSPS) is 11.8. The maximum Gasteiger partial charge on any atom is 0.223 e. The van der Waals surface area contributed by atoms with Crippen molar-refractivity contribution >= 4 is 181 Å². The van der Waals surface area contributed by atoms with Crippen LogP contribution in [0.1, 0.15) is 61.1 Å². The predicted octanol–water partition coefficient (Wildman–Crippen LogP) is 16.5. The molecule has 0 amide bonds. The lowest BCUT2D eigenvalue weighted by Gasteiger charge is -2.02. The molecule has 17 heteroatoms. The number of nitrogens with zero attached hydrogens (tertiary/aromatic N) is 8. The lowest BCUT2D eigenvalue weighted by molar-refractivity contribution is 0.112. The van der Waals surface area contributed by atoms with E-state index in [4.69, 9.17) is 26.5 Å². The van der Waals surface area contributed by atoms with Gasteiger partial charge in [0.15, 0.2) is 11.3 Å². The van der Waals surface area contributed by atoms with Crippen molar-refractivity contribution in [2.24, 2.45) is 0 Å². The van der Waals surface area contributed by atoms with Crippen LogP contribution in [0.3, 0.4) is 0 Å². The molecule has 0 aliphatic rings. The topological polar surface area (TPSA) is 127 Å². The van der Waals surface area contributed by atoms with Crippen molar-refractivity contribution in [1.82, 2.24) is 24.1 Å². The van der Waals surface area contributed by atoms with Gasteiger partial charge in [-0.3, -0.25) is 4.79 Å². The number of para-hydroxylation sites is 3. The molecule has 0 spiro atoms. The summed E-state index contributed by atoms with van der Waals surface area (Å²) in [6.07, 6.45) is 7.35. The van der Waals surface area contributed by atoms with Gasteiger partial charge in [-0.1, -0.05) is 61.6 Å². The lowest BCUT2D eigenvalue weighted by Crippen LogP contribution is -1.94. The molecule has 0 atom stereocenters. The molecule has 70 heavy (non-hydrogen) atoms. The number of allylic oxidation sites excluding steroid dienone is 1. The SMILES string of the molecule is CCCn1c2cc(C=O)sc2c2sc(OC)cc21.N#CCc1nc2ccccc2s1.[C-]#[N+]/C(=C\c1cc2c(s1)c1sc(/C=C(\C#N)c3nc4ccccc4s3)cc1n2CCC)c1nc2ccccc2s1. The zero-order chi connectivity index (χ0) is 48.3. The first-order chi connectivity index (χ1) is 34.3. The summed E-state index contributed by atoms with van der Waals surface area (Å²) in [5.41, 5.74) is 8.75. The smallest absolute Gasteiger partial charge is 0.223 e. The molecule has 0 aliphatic carbocycles. The molecular weight excluding hydrogens is 1010 g/mol. The van der Waals surface area contributed by atoms with Gasteiger partial charge >= 0.3 is 0 Å². The number of ether oxygens (including phenoxy) is 1. The average Bonchev–Trinajstić information content (AvgIpc) is 4.25.